The largest absolute Gasteiger partial charge is 0.479 e. The summed E-state index contributed by atoms with van der Waals surface area (Å²) in [6, 6.07) is 0. The number of carboxylic acid groups (broad SMARTS) is 1. The normalized spacial score (nSPS) is 48.5. The minimum Gasteiger partial charge on any atom is -0.479 e. The van der Waals surface area contributed by atoms with Gasteiger partial charge in [-0.3, -0.25) is 4.79 Å². The number of rotatable bonds is 16. The number of fused-ring (bicyclic) bond motifs is 7. The molecule has 0 aromatic carbocycles. The molecule has 4 saturated carbocycles. The topological polar surface area (TPSA) is 413 Å². The molecule has 0 unspecified atom stereocenters. The lowest BCUT2D eigenvalue weighted by molar-refractivity contribution is -0.392. The van der Waals surface area contributed by atoms with Crippen molar-refractivity contribution in [3.63, 3.8) is 0 Å². The Hall–Kier alpha value is -3.66. The van der Waals surface area contributed by atoms with Crippen LogP contribution in [0.2, 0.25) is 0 Å². The summed E-state index contributed by atoms with van der Waals surface area (Å²) in [5.41, 5.74) is -3.54. The Bertz CT molecular complexity index is 2790. The molecule has 522 valence electrons. The zero-order valence-electron chi connectivity index (χ0n) is 54.8. The minimum atomic E-state index is -2.13. The first-order valence-corrected chi connectivity index (χ1v) is 32.3. The summed E-state index contributed by atoms with van der Waals surface area (Å²) in [7, 11) is 0. The molecule has 27 nitrogen and oxygen atoms in total. The van der Waals surface area contributed by atoms with E-state index in [4.69, 9.17) is 52.1 Å². The number of hydrogen-bond acceptors (Lipinski definition) is 26. The summed E-state index contributed by atoms with van der Waals surface area (Å²) >= 11 is 0. The molecule has 30 atom stereocenters. The molecule has 0 aromatic rings. The first kappa shape index (κ1) is 72.6. The Morgan fingerprint density at radius 3 is 1.86 bits per heavy atom. The maximum Gasteiger partial charge on any atom is 0.335 e. The van der Waals surface area contributed by atoms with Crippen molar-refractivity contribution in [2.24, 2.45) is 50.2 Å². The van der Waals surface area contributed by atoms with Gasteiger partial charge in [0.05, 0.1) is 49.1 Å². The van der Waals surface area contributed by atoms with Crippen molar-refractivity contribution in [3.05, 3.63) is 34.9 Å². The van der Waals surface area contributed by atoms with Crippen LogP contribution in [-0.4, -0.2) is 246 Å². The lowest BCUT2D eigenvalue weighted by Crippen LogP contribution is -2.72. The molecule has 0 spiro atoms. The summed E-state index contributed by atoms with van der Waals surface area (Å²) in [6.07, 6.45) is -29.5. The van der Waals surface area contributed by atoms with Gasteiger partial charge >= 0.3 is 23.9 Å². The predicted molar refractivity (Wildman–Crippen MR) is 316 cm³/mol. The molecule has 27 heteroatoms. The number of hydrogen-bond donors (Lipinski definition) is 12. The van der Waals surface area contributed by atoms with Crippen LogP contribution >= 0.6 is 0 Å². The van der Waals surface area contributed by atoms with Crippen LogP contribution in [0.15, 0.2) is 34.9 Å². The molecule has 0 radical (unpaired) electrons. The van der Waals surface area contributed by atoms with Gasteiger partial charge in [0.15, 0.2) is 43.5 Å². The monoisotopic (exact) mass is 1310 g/mol. The van der Waals surface area contributed by atoms with Crippen LogP contribution < -0.4 is 0 Å². The number of carbonyl (C=O) groups excluding carboxylic acids is 3. The van der Waals surface area contributed by atoms with Crippen molar-refractivity contribution in [2.45, 2.75) is 276 Å². The standard InChI is InChI=1S/C65H100O27/c1-14-27(3)54(80)87-46-29(5)84-58(45(76)48(46)88-55(81)28(4)15-2)92-52-51(77)65(26-83-30(6)67)32(22-60(52,7)8)31-16-17-36-62(11)20-19-38(61(9,10)35(62)18-21-63(36,12)64(31,13)23-37(65)69)86-59-50(91-57-43(74)41(72)40(71)34(24-66)85-57)47(44(75)49(90-59)53(78)79)89-56-42(73)39(70)33(68)25-82-56/h14-16,29,32-52,56-59,66,68-77H,17-26H2,1-13H3,(H,78,79)/b27-14-,28-15-/t29-,32-,33+,34+,35-,36+,37+,38-,39-,40-,41-,42+,43+,44-,45+,46-,47-,48-,49-,50+,51-,52-,56-,57-,58-,59+,62-,63+,64+,65-/m0/s1. The fourth-order valence-electron chi connectivity index (χ4n) is 17.8. The number of carboxylic acids is 1. The number of aliphatic carboxylic acids is 1. The van der Waals surface area contributed by atoms with Gasteiger partial charge in [0.2, 0.25) is 0 Å². The van der Waals surface area contributed by atoms with E-state index in [9.17, 15) is 80.5 Å². The molecule has 8 fully saturated rings. The molecule has 9 rings (SSSR count). The van der Waals surface area contributed by atoms with Crippen LogP contribution in [0.4, 0.5) is 0 Å². The molecule has 4 saturated heterocycles. The number of aliphatic hydroxyl groups excluding tert-OH is 11. The van der Waals surface area contributed by atoms with E-state index in [0.29, 0.717) is 32.1 Å². The zero-order valence-corrected chi connectivity index (χ0v) is 54.8. The average molecular weight is 1310 g/mol. The third-order valence-corrected chi connectivity index (χ3v) is 23.5. The van der Waals surface area contributed by atoms with Crippen molar-refractivity contribution in [2.75, 3.05) is 19.8 Å². The van der Waals surface area contributed by atoms with Crippen LogP contribution in [-0.2, 0) is 71.3 Å². The van der Waals surface area contributed by atoms with Crippen molar-refractivity contribution in [1.29, 1.82) is 0 Å². The summed E-state index contributed by atoms with van der Waals surface area (Å²) in [5, 5.41) is 135. The maximum atomic E-state index is 13.4. The molecule has 4 aliphatic heterocycles. The summed E-state index contributed by atoms with van der Waals surface area (Å²) in [6.45, 7) is 22.0. The second-order valence-electron chi connectivity index (χ2n) is 29.4. The highest BCUT2D eigenvalue weighted by molar-refractivity contribution is 5.88. The second-order valence-corrected chi connectivity index (χ2v) is 29.4. The first-order valence-electron chi connectivity index (χ1n) is 32.3. The van der Waals surface area contributed by atoms with Crippen LogP contribution in [0.25, 0.3) is 0 Å². The van der Waals surface area contributed by atoms with Crippen molar-refractivity contribution in [3.8, 4) is 0 Å². The van der Waals surface area contributed by atoms with Crippen LogP contribution in [0.5, 0.6) is 0 Å². The lowest BCUT2D eigenvalue weighted by Gasteiger charge is -2.72. The average Bonchev–Trinajstić information content (AvgIpc) is 0.670. The highest BCUT2D eigenvalue weighted by Gasteiger charge is 2.74. The van der Waals surface area contributed by atoms with Gasteiger partial charge < -0.3 is 113 Å². The summed E-state index contributed by atoms with van der Waals surface area (Å²) < 4.78 is 67.1. The molecule has 0 bridgehead atoms. The van der Waals surface area contributed by atoms with Gasteiger partial charge in [0.25, 0.3) is 0 Å². The Balaban J connectivity index is 1.01. The Kier molecular flexibility index (Phi) is 21.3. The van der Waals surface area contributed by atoms with Gasteiger partial charge in [0, 0.05) is 18.1 Å². The number of aliphatic hydroxyl groups is 11. The molecule has 0 amide bonds. The van der Waals surface area contributed by atoms with Gasteiger partial charge in [-0.05, 0) is 124 Å². The SMILES string of the molecule is C/C=C(/C)C(=O)O[C@@H]1[C@@H](OC(=O)/C(C)=C\C)[C@@H](O)[C@H](O[C@H]2[C@H](O)[C@]3(COC(C)=O)[C@H](O)C[C@]4(C)C(=CC[C@@H]5[C@@]6(C)CC[C@H](O[C@@H]7O[C@H](C(=O)O)[C@@H](O)[C@H](O[C@@H]8OC[C@@H](O)[C@H](O)[C@H]8O)[C@H]7O[C@@H]7O[C@H](CO)[C@H](O)[C@H](O)[C@H]7O)C(C)(C)[C@@H]6CC[C@]54C)[C@@H]3CC2(C)C)O[C@H]1C. The Morgan fingerprint density at radius 1 is 0.641 bits per heavy atom. The molecule has 9 aliphatic rings. The molecule has 92 heavy (non-hydrogen) atoms. The van der Waals surface area contributed by atoms with Gasteiger partial charge in [0.1, 0.15) is 73.8 Å². The first-order chi connectivity index (χ1) is 42.9. The highest BCUT2D eigenvalue weighted by atomic mass is 16.8. The molecular weight excluding hydrogens is 1210 g/mol. The van der Waals surface area contributed by atoms with E-state index in [0.717, 1.165) is 5.57 Å². The molecule has 5 aliphatic carbocycles. The third-order valence-electron chi connectivity index (χ3n) is 23.5. The lowest BCUT2D eigenvalue weighted by atomic mass is 9.33. The number of ether oxygens (including phenoxy) is 11. The number of allylic oxidation sites excluding steroid dienone is 4. The smallest absolute Gasteiger partial charge is 0.335 e. The third kappa shape index (κ3) is 12.4. The predicted octanol–water partition coefficient (Wildman–Crippen LogP) is 0.715. The quantitative estimate of drug-likeness (QED) is 0.0333. The van der Waals surface area contributed by atoms with Gasteiger partial charge in [-0.15, -0.1) is 0 Å². The second kappa shape index (κ2) is 27.0. The van der Waals surface area contributed by atoms with E-state index in [1.807, 2.05) is 27.7 Å². The fourth-order valence-corrected chi connectivity index (χ4v) is 17.8. The molecule has 0 aromatic heterocycles. The summed E-state index contributed by atoms with van der Waals surface area (Å²) in [4.78, 5) is 52.4. The van der Waals surface area contributed by atoms with E-state index in [2.05, 4.69) is 26.8 Å². The van der Waals surface area contributed by atoms with E-state index >= 15 is 0 Å². The van der Waals surface area contributed by atoms with E-state index in [1.165, 1.54) is 19.9 Å². The van der Waals surface area contributed by atoms with Crippen LogP contribution in [0.3, 0.4) is 0 Å². The number of carbonyl (C=O) groups is 4. The van der Waals surface area contributed by atoms with Crippen LogP contribution in [0, 0.1) is 50.2 Å². The Morgan fingerprint density at radius 2 is 1.25 bits per heavy atom. The minimum absolute atomic E-state index is 0.0441. The van der Waals surface area contributed by atoms with Crippen LogP contribution in [0.1, 0.15) is 135 Å². The fraction of sp³-hybridized carbons (Fsp3) is 0.846. The van der Waals surface area contributed by atoms with Gasteiger partial charge in [-0.25, -0.2) is 14.4 Å². The zero-order chi connectivity index (χ0) is 68.0. The van der Waals surface area contributed by atoms with E-state index in [-0.39, 0.29) is 35.8 Å². The van der Waals surface area contributed by atoms with E-state index in [1.54, 1.807) is 33.8 Å². The highest BCUT2D eigenvalue weighted by Crippen LogP contribution is 2.76. The maximum absolute atomic E-state index is 13.4. The van der Waals surface area contributed by atoms with Crippen molar-refractivity contribution < 1.29 is 133 Å². The number of esters is 3. The molecular formula is C65H100O27. The summed E-state index contributed by atoms with van der Waals surface area (Å²) in [5.74, 6) is -4.57. The van der Waals surface area contributed by atoms with Crippen molar-refractivity contribution in [1.82, 2.24) is 0 Å². The molecule has 4 heterocycles. The van der Waals surface area contributed by atoms with Gasteiger partial charge in [-0.2, -0.15) is 0 Å². The van der Waals surface area contributed by atoms with E-state index < -0.39 is 223 Å². The van der Waals surface area contributed by atoms with Crippen molar-refractivity contribution >= 4 is 23.9 Å². The van der Waals surface area contributed by atoms with Gasteiger partial charge in [-0.1, -0.05) is 72.3 Å². The Labute approximate surface area is 535 Å². The molecule has 12 N–H and O–H groups in total.